The van der Waals surface area contributed by atoms with Gasteiger partial charge in [-0.25, -0.2) is 8.42 Å². The number of methoxy groups -OCH3 is 1. The van der Waals surface area contributed by atoms with Crippen molar-refractivity contribution in [2.24, 2.45) is 5.92 Å². The number of benzene rings is 2. The molecule has 3 rings (SSSR count). The topological polar surface area (TPSA) is 105 Å². The van der Waals surface area contributed by atoms with E-state index in [4.69, 9.17) is 14.2 Å². The molecule has 0 amide bonds. The summed E-state index contributed by atoms with van der Waals surface area (Å²) in [5, 5.41) is 10.1. The van der Waals surface area contributed by atoms with E-state index in [2.05, 4.69) is 0 Å². The number of hydrogen-bond acceptors (Lipinski definition) is 7. The van der Waals surface area contributed by atoms with E-state index in [1.54, 1.807) is 12.1 Å². The highest BCUT2D eigenvalue weighted by Crippen LogP contribution is 2.36. The lowest BCUT2D eigenvalue weighted by Gasteiger charge is -2.21. The first-order valence-electron chi connectivity index (χ1n) is 9.55. The Morgan fingerprint density at radius 3 is 2.37 bits per heavy atom. The first-order chi connectivity index (χ1) is 14.3. The Morgan fingerprint density at radius 2 is 1.77 bits per heavy atom. The minimum atomic E-state index is -3.93. The predicted molar refractivity (Wildman–Crippen MR) is 109 cm³/mol. The molecule has 4 atom stereocenters. The van der Waals surface area contributed by atoms with Crippen LogP contribution in [0.5, 0.6) is 0 Å². The van der Waals surface area contributed by atoms with Gasteiger partial charge in [0.15, 0.2) is 16.1 Å². The van der Waals surface area contributed by atoms with Gasteiger partial charge in [0.1, 0.15) is 11.4 Å². The molecule has 1 aliphatic rings. The summed E-state index contributed by atoms with van der Waals surface area (Å²) >= 11 is 0. The first-order valence-corrected chi connectivity index (χ1v) is 11.1. The second kappa shape index (κ2) is 9.65. The van der Waals surface area contributed by atoms with Crippen molar-refractivity contribution >= 4 is 9.84 Å². The number of nitrogens with zero attached hydrogens (tertiary/aromatic N) is 1. The number of hydrogen-bond donors (Lipinski definition) is 0. The molecule has 2 aromatic rings. The number of aryl methyl sites for hydroxylation is 1. The molecule has 0 bridgehead atoms. The molecule has 30 heavy (non-hydrogen) atoms. The molecule has 0 aromatic heterocycles. The fourth-order valence-electron chi connectivity index (χ4n) is 3.69. The van der Waals surface area contributed by atoms with Crippen LogP contribution in [0.2, 0.25) is 0 Å². The molecule has 1 fully saturated rings. The Balaban J connectivity index is 1.86. The summed E-state index contributed by atoms with van der Waals surface area (Å²) in [5.41, 5.74) is 1.84. The van der Waals surface area contributed by atoms with E-state index in [9.17, 15) is 18.5 Å². The van der Waals surface area contributed by atoms with Crippen LogP contribution in [0.25, 0.3) is 0 Å². The van der Waals surface area contributed by atoms with Gasteiger partial charge in [-0.3, -0.25) is 10.1 Å². The van der Waals surface area contributed by atoms with Crippen molar-refractivity contribution in [2.75, 3.05) is 20.3 Å². The van der Waals surface area contributed by atoms with Crippen molar-refractivity contribution in [3.05, 3.63) is 75.8 Å². The van der Waals surface area contributed by atoms with Gasteiger partial charge in [-0.05, 0) is 24.6 Å². The lowest BCUT2D eigenvalue weighted by Crippen LogP contribution is -2.41. The predicted octanol–water partition coefficient (Wildman–Crippen LogP) is 2.62. The average Bonchev–Trinajstić information content (AvgIpc) is 3.06. The maximum Gasteiger partial charge on any atom is 0.212 e. The zero-order valence-electron chi connectivity index (χ0n) is 16.8. The summed E-state index contributed by atoms with van der Waals surface area (Å²) in [4.78, 5) is 10.8. The van der Waals surface area contributed by atoms with Crippen molar-refractivity contribution in [1.29, 1.82) is 0 Å². The van der Waals surface area contributed by atoms with Crippen LogP contribution in [0.15, 0.2) is 59.5 Å². The van der Waals surface area contributed by atoms with Gasteiger partial charge in [-0.1, -0.05) is 48.0 Å². The summed E-state index contributed by atoms with van der Waals surface area (Å²) in [6.45, 7) is 1.52. The molecule has 9 heteroatoms. The minimum absolute atomic E-state index is 0.0290. The molecule has 2 aromatic carbocycles. The number of rotatable bonds is 9. The zero-order chi connectivity index (χ0) is 21.7. The van der Waals surface area contributed by atoms with Crippen molar-refractivity contribution in [1.82, 2.24) is 0 Å². The van der Waals surface area contributed by atoms with E-state index >= 15 is 0 Å². The third kappa shape index (κ3) is 5.04. The van der Waals surface area contributed by atoms with Gasteiger partial charge in [0, 0.05) is 12.0 Å². The van der Waals surface area contributed by atoms with Crippen LogP contribution in [0, 0.1) is 23.0 Å². The van der Waals surface area contributed by atoms with Crippen molar-refractivity contribution in [2.45, 2.75) is 36.1 Å². The van der Waals surface area contributed by atoms with E-state index < -0.39 is 44.9 Å². The molecule has 0 radical (unpaired) electrons. The lowest BCUT2D eigenvalue weighted by atomic mass is 10.0. The molecule has 0 saturated carbocycles. The summed E-state index contributed by atoms with van der Waals surface area (Å²) in [7, 11) is -2.58. The van der Waals surface area contributed by atoms with Gasteiger partial charge in [-0.15, -0.1) is 0 Å². The smallest absolute Gasteiger partial charge is 0.212 e. The summed E-state index contributed by atoms with van der Waals surface area (Å²) in [5.74, 6) is -0.957. The highest BCUT2D eigenvalue weighted by molar-refractivity contribution is 7.92. The van der Waals surface area contributed by atoms with Crippen LogP contribution in [0.4, 0.5) is 0 Å². The van der Waals surface area contributed by atoms with E-state index in [1.807, 2.05) is 37.3 Å². The third-order valence-corrected chi connectivity index (χ3v) is 7.44. The van der Waals surface area contributed by atoms with Gasteiger partial charge in [0.25, 0.3) is 0 Å². The second-order valence-electron chi connectivity index (χ2n) is 7.28. The molecule has 162 valence electrons. The second-order valence-corrected chi connectivity index (χ2v) is 9.39. The van der Waals surface area contributed by atoms with Crippen LogP contribution in [0.3, 0.4) is 0 Å². The van der Waals surface area contributed by atoms with Gasteiger partial charge in [0.2, 0.25) is 6.54 Å². The third-order valence-electron chi connectivity index (χ3n) is 5.14. The van der Waals surface area contributed by atoms with Gasteiger partial charge < -0.3 is 14.2 Å². The van der Waals surface area contributed by atoms with E-state index in [0.29, 0.717) is 0 Å². The number of ether oxygens (including phenoxy) is 3. The molecule has 1 aliphatic heterocycles. The van der Waals surface area contributed by atoms with Crippen molar-refractivity contribution in [3.63, 3.8) is 0 Å². The molecule has 0 aliphatic carbocycles. The Bertz CT molecular complexity index is 947. The van der Waals surface area contributed by atoms with Crippen molar-refractivity contribution < 1.29 is 27.6 Å². The Morgan fingerprint density at radius 1 is 1.10 bits per heavy atom. The highest BCUT2D eigenvalue weighted by Gasteiger charge is 2.54. The molecule has 1 heterocycles. The fourth-order valence-corrected chi connectivity index (χ4v) is 5.74. The number of nitro groups is 1. The molecular weight excluding hydrogens is 410 g/mol. The summed E-state index contributed by atoms with van der Waals surface area (Å²) in [6.07, 6.45) is -1.90. The van der Waals surface area contributed by atoms with Crippen LogP contribution >= 0.6 is 0 Å². The van der Waals surface area contributed by atoms with Crippen LogP contribution < -0.4 is 0 Å². The van der Waals surface area contributed by atoms with E-state index in [0.717, 1.165) is 11.1 Å². The van der Waals surface area contributed by atoms with E-state index in [1.165, 1.54) is 19.2 Å². The van der Waals surface area contributed by atoms with Crippen LogP contribution in [0.1, 0.15) is 11.1 Å². The zero-order valence-corrected chi connectivity index (χ0v) is 17.7. The summed E-state index contributed by atoms with van der Waals surface area (Å²) in [6, 6.07) is 15.8. The van der Waals surface area contributed by atoms with Crippen LogP contribution in [-0.2, 0) is 30.7 Å². The maximum absolute atomic E-state index is 13.4. The Labute approximate surface area is 175 Å². The lowest BCUT2D eigenvalue weighted by molar-refractivity contribution is -0.491. The highest BCUT2D eigenvalue weighted by atomic mass is 32.2. The molecule has 0 unspecified atom stereocenters. The standard InChI is InChI=1S/C21H25NO7S/c1-15-8-10-17(11-9-15)30(25,26)20-18(12-22(23)24)21(27-2)29-19(20)14-28-13-16-6-4-3-5-7-16/h3-11,18-21H,12-14H2,1-2H3/t18-,19-,20-,21-/m1/s1. The number of sulfone groups is 1. The van der Waals surface area contributed by atoms with E-state index in [-0.39, 0.29) is 18.1 Å². The molecule has 8 nitrogen and oxygen atoms in total. The van der Waals surface area contributed by atoms with Crippen molar-refractivity contribution in [3.8, 4) is 0 Å². The maximum atomic E-state index is 13.4. The molecule has 1 saturated heterocycles. The summed E-state index contributed by atoms with van der Waals surface area (Å²) < 4.78 is 43.6. The normalized spacial score (nSPS) is 24.1. The molecular formula is C21H25NO7S. The van der Waals surface area contributed by atoms with Gasteiger partial charge >= 0.3 is 0 Å². The van der Waals surface area contributed by atoms with Gasteiger partial charge in [0.05, 0.1) is 24.0 Å². The Hall–Kier alpha value is -2.33. The molecule has 0 spiro atoms. The Kier molecular flexibility index (Phi) is 7.19. The quantitative estimate of drug-likeness (QED) is 0.440. The largest absolute Gasteiger partial charge is 0.374 e. The fraction of sp³-hybridized carbons (Fsp3) is 0.429. The van der Waals surface area contributed by atoms with Crippen LogP contribution in [-0.4, -0.2) is 51.2 Å². The average molecular weight is 435 g/mol. The molecule has 0 N–H and O–H groups in total. The minimum Gasteiger partial charge on any atom is -0.374 e. The first kappa shape index (κ1) is 22.4. The monoisotopic (exact) mass is 435 g/mol. The van der Waals surface area contributed by atoms with Gasteiger partial charge in [-0.2, -0.15) is 0 Å². The SMILES string of the molecule is CO[C@@H]1O[C@H](COCc2ccccc2)[C@H](S(=O)(=O)c2ccc(C)cc2)[C@H]1C[N+](=O)[O-].